The number of rotatable bonds is 6. The van der Waals surface area contributed by atoms with Crippen molar-refractivity contribution in [3.8, 4) is 17.0 Å². The fourth-order valence-corrected chi connectivity index (χ4v) is 4.19. The minimum atomic E-state index is -3.08. The van der Waals surface area contributed by atoms with E-state index in [9.17, 15) is 18.7 Å². The van der Waals surface area contributed by atoms with Crippen molar-refractivity contribution >= 4 is 41.2 Å². The molecule has 14 heteroatoms. The van der Waals surface area contributed by atoms with Crippen LogP contribution in [-0.2, 0) is 0 Å². The Bertz CT molecular complexity index is 1380. The highest BCUT2D eigenvalue weighted by atomic mass is 35.5. The lowest BCUT2D eigenvalue weighted by molar-refractivity contribution is -0.0494. The minimum absolute atomic E-state index is 0. The number of piperidine rings is 1. The number of nitrogens with zero attached hydrogens (tertiary/aromatic N) is 5. The standard InChI is InChI=1S/C22H20ClF2N7O3.ClH/c23-12-2-3-18(35-22(24)25)13(8-12)19-15(11-32(30-19)16-10-26-6-4-17(16)33)29-21(34)14-9-28-31-7-1-5-27-20(14)31;/h1-3,5,7-9,11,16-17,22,26,33H,4,6,10H2,(H,29,34);1H/t16-,17-;/m0./s1. The van der Waals surface area contributed by atoms with Crippen LogP contribution in [0.15, 0.2) is 49.1 Å². The van der Waals surface area contributed by atoms with E-state index in [1.54, 1.807) is 18.5 Å². The highest BCUT2D eigenvalue weighted by Gasteiger charge is 2.28. The maximum Gasteiger partial charge on any atom is 0.387 e. The van der Waals surface area contributed by atoms with Crippen LogP contribution in [0.25, 0.3) is 16.9 Å². The number of fused-ring (bicyclic) bond motifs is 1. The average molecular weight is 540 g/mol. The van der Waals surface area contributed by atoms with E-state index >= 15 is 0 Å². The molecule has 0 spiro atoms. The molecule has 0 aliphatic carbocycles. The number of halogens is 4. The molecule has 3 N–H and O–H groups in total. The van der Waals surface area contributed by atoms with Gasteiger partial charge in [0.15, 0.2) is 5.65 Å². The van der Waals surface area contributed by atoms with Crippen molar-refractivity contribution in [3.05, 3.63) is 59.6 Å². The maximum absolute atomic E-state index is 13.2. The average Bonchev–Trinajstić information content (AvgIpc) is 3.45. The maximum atomic E-state index is 13.2. The third kappa shape index (κ3) is 5.12. The van der Waals surface area contributed by atoms with Gasteiger partial charge in [-0.3, -0.25) is 9.48 Å². The number of alkyl halides is 2. The summed E-state index contributed by atoms with van der Waals surface area (Å²) in [6.07, 6.45) is 5.93. The number of carbonyl (C=O) groups excluding carboxylic acids is 1. The fourth-order valence-electron chi connectivity index (χ4n) is 4.01. The number of anilines is 1. The van der Waals surface area contributed by atoms with Crippen molar-refractivity contribution in [3.63, 3.8) is 0 Å². The van der Waals surface area contributed by atoms with Crippen molar-refractivity contribution in [1.82, 2.24) is 29.7 Å². The summed E-state index contributed by atoms with van der Waals surface area (Å²) in [6, 6.07) is 5.38. The highest BCUT2D eigenvalue weighted by Crippen LogP contribution is 2.38. The molecule has 1 fully saturated rings. The summed E-state index contributed by atoms with van der Waals surface area (Å²) in [5.74, 6) is -0.690. The molecule has 0 bridgehead atoms. The summed E-state index contributed by atoms with van der Waals surface area (Å²) < 4.78 is 33.8. The number of aliphatic hydroxyl groups excluding tert-OH is 1. The first-order valence-electron chi connectivity index (χ1n) is 10.7. The van der Waals surface area contributed by atoms with Crippen molar-refractivity contribution in [2.45, 2.75) is 25.2 Å². The molecule has 5 rings (SSSR count). The van der Waals surface area contributed by atoms with Crippen LogP contribution in [0, 0.1) is 0 Å². The largest absolute Gasteiger partial charge is 0.434 e. The zero-order chi connectivity index (χ0) is 24.5. The van der Waals surface area contributed by atoms with E-state index in [0.717, 1.165) is 0 Å². The lowest BCUT2D eigenvalue weighted by Crippen LogP contribution is -2.41. The number of amides is 1. The van der Waals surface area contributed by atoms with Gasteiger partial charge in [-0.05, 0) is 37.2 Å². The molecule has 1 aromatic carbocycles. The van der Waals surface area contributed by atoms with Gasteiger partial charge in [-0.15, -0.1) is 12.4 Å². The lowest BCUT2D eigenvalue weighted by Gasteiger charge is -2.28. The van der Waals surface area contributed by atoms with Gasteiger partial charge in [0, 0.05) is 35.7 Å². The van der Waals surface area contributed by atoms with E-state index in [1.807, 2.05) is 0 Å². The third-order valence-corrected chi connectivity index (χ3v) is 5.91. The van der Waals surface area contributed by atoms with Crippen molar-refractivity contribution in [1.29, 1.82) is 0 Å². The van der Waals surface area contributed by atoms with E-state index in [2.05, 4.69) is 30.6 Å². The van der Waals surface area contributed by atoms with Crippen LogP contribution in [-0.4, -0.2) is 61.2 Å². The second-order valence-electron chi connectivity index (χ2n) is 7.92. The molecule has 4 heterocycles. The second kappa shape index (κ2) is 10.7. The molecule has 1 aliphatic heterocycles. The van der Waals surface area contributed by atoms with Gasteiger partial charge in [-0.25, -0.2) is 9.50 Å². The van der Waals surface area contributed by atoms with Crippen molar-refractivity contribution < 1.29 is 23.4 Å². The first-order valence-corrected chi connectivity index (χ1v) is 11.1. The topological polar surface area (TPSA) is 119 Å². The van der Waals surface area contributed by atoms with Crippen LogP contribution < -0.4 is 15.4 Å². The number of aliphatic hydroxyl groups is 1. The zero-order valence-corrected chi connectivity index (χ0v) is 20.1. The van der Waals surface area contributed by atoms with Crippen LogP contribution in [0.1, 0.15) is 22.8 Å². The van der Waals surface area contributed by atoms with Crippen LogP contribution in [0.3, 0.4) is 0 Å². The molecule has 3 aromatic heterocycles. The number of hydrogen-bond donors (Lipinski definition) is 3. The van der Waals surface area contributed by atoms with Crippen LogP contribution in [0.2, 0.25) is 5.02 Å². The van der Waals surface area contributed by atoms with Gasteiger partial charge in [0.25, 0.3) is 5.91 Å². The molecule has 1 aliphatic rings. The molecule has 0 radical (unpaired) electrons. The molecule has 10 nitrogen and oxygen atoms in total. The number of ether oxygens (including phenoxy) is 1. The summed E-state index contributed by atoms with van der Waals surface area (Å²) in [6.45, 7) is -1.99. The first kappa shape index (κ1) is 25.8. The summed E-state index contributed by atoms with van der Waals surface area (Å²) >= 11 is 6.15. The molecule has 0 unspecified atom stereocenters. The normalized spacial score (nSPS) is 17.7. The Hall–Kier alpha value is -3.32. The summed E-state index contributed by atoms with van der Waals surface area (Å²) in [5.41, 5.74) is 1.07. The van der Waals surface area contributed by atoms with E-state index < -0.39 is 24.7 Å². The Morgan fingerprint density at radius 3 is 2.97 bits per heavy atom. The SMILES string of the molecule is Cl.O=C(Nc1cn([C@H]2CNCC[C@@H]2O)nc1-c1cc(Cl)ccc1OC(F)F)c1cnn2cccnc12. The lowest BCUT2D eigenvalue weighted by atomic mass is 10.0. The van der Waals surface area contributed by atoms with Crippen LogP contribution >= 0.6 is 24.0 Å². The Morgan fingerprint density at radius 1 is 1.36 bits per heavy atom. The number of aromatic nitrogens is 5. The van der Waals surface area contributed by atoms with Gasteiger partial charge in [0.1, 0.15) is 17.0 Å². The predicted molar refractivity (Wildman–Crippen MR) is 130 cm³/mol. The minimum Gasteiger partial charge on any atom is -0.434 e. The molecular formula is C22H21Cl2F2N7O3. The molecule has 1 saturated heterocycles. The van der Waals surface area contributed by atoms with E-state index in [0.29, 0.717) is 25.2 Å². The van der Waals surface area contributed by atoms with E-state index in [4.69, 9.17) is 11.6 Å². The molecule has 1 amide bonds. The smallest absolute Gasteiger partial charge is 0.387 e. The van der Waals surface area contributed by atoms with E-state index in [-0.39, 0.29) is 45.7 Å². The third-order valence-electron chi connectivity index (χ3n) is 5.67. The Labute approximate surface area is 214 Å². The van der Waals surface area contributed by atoms with Gasteiger partial charge in [0.05, 0.1) is 24.0 Å². The van der Waals surface area contributed by atoms with Gasteiger partial charge in [-0.2, -0.15) is 19.0 Å². The summed E-state index contributed by atoms with van der Waals surface area (Å²) in [4.78, 5) is 17.4. The molecular weight excluding hydrogens is 519 g/mol. The van der Waals surface area contributed by atoms with Gasteiger partial charge in [-0.1, -0.05) is 11.6 Å². The Balaban J connectivity index is 0.00000304. The molecule has 2 atom stereocenters. The molecule has 36 heavy (non-hydrogen) atoms. The Kier molecular flexibility index (Phi) is 7.69. The zero-order valence-electron chi connectivity index (χ0n) is 18.5. The van der Waals surface area contributed by atoms with Gasteiger partial charge in [0.2, 0.25) is 0 Å². The summed E-state index contributed by atoms with van der Waals surface area (Å²) in [5, 5.41) is 25.4. The summed E-state index contributed by atoms with van der Waals surface area (Å²) in [7, 11) is 0. The predicted octanol–water partition coefficient (Wildman–Crippen LogP) is 3.42. The number of hydrogen-bond acceptors (Lipinski definition) is 7. The molecule has 0 saturated carbocycles. The molecule has 190 valence electrons. The monoisotopic (exact) mass is 539 g/mol. The van der Waals surface area contributed by atoms with Crippen LogP contribution in [0.4, 0.5) is 14.5 Å². The van der Waals surface area contributed by atoms with Crippen LogP contribution in [0.5, 0.6) is 5.75 Å². The van der Waals surface area contributed by atoms with Gasteiger partial charge >= 0.3 is 6.61 Å². The van der Waals surface area contributed by atoms with Crippen molar-refractivity contribution in [2.75, 3.05) is 18.4 Å². The second-order valence-corrected chi connectivity index (χ2v) is 8.35. The number of carbonyl (C=O) groups is 1. The fraction of sp³-hybridized carbons (Fsp3) is 0.273. The number of benzene rings is 1. The quantitative estimate of drug-likeness (QED) is 0.343. The van der Waals surface area contributed by atoms with E-state index in [1.165, 1.54) is 39.8 Å². The number of nitrogens with one attached hydrogen (secondary N) is 2. The first-order chi connectivity index (χ1) is 16.9. The highest BCUT2D eigenvalue weighted by molar-refractivity contribution is 6.31. The van der Waals surface area contributed by atoms with Gasteiger partial charge < -0.3 is 20.5 Å². The van der Waals surface area contributed by atoms with Crippen molar-refractivity contribution in [2.24, 2.45) is 0 Å². The molecule has 4 aromatic rings. The Morgan fingerprint density at radius 2 is 2.19 bits per heavy atom.